The van der Waals surface area contributed by atoms with Crippen LogP contribution in [0.1, 0.15) is 64.2 Å². The van der Waals surface area contributed by atoms with Gasteiger partial charge in [0, 0.05) is 35.5 Å². The molecule has 0 amide bonds. The number of rotatable bonds is 6. The van der Waals surface area contributed by atoms with Gasteiger partial charge < -0.3 is 5.32 Å². The Morgan fingerprint density at radius 3 is 1.32 bits per heavy atom. The second kappa shape index (κ2) is 8.06. The van der Waals surface area contributed by atoms with E-state index in [1.54, 1.807) is 0 Å². The van der Waals surface area contributed by atoms with Crippen molar-refractivity contribution in [3.05, 3.63) is 20.2 Å². The van der Waals surface area contributed by atoms with Gasteiger partial charge in [0.1, 0.15) is 0 Å². The molecule has 0 spiro atoms. The highest BCUT2D eigenvalue weighted by atomic mass is 35.5. The predicted molar refractivity (Wildman–Crippen MR) is 85.7 cm³/mol. The average Bonchev–Trinajstić information content (AvgIpc) is 2.49. The summed E-state index contributed by atoms with van der Waals surface area (Å²) in [6.45, 7) is 0.519. The van der Waals surface area contributed by atoms with Crippen LogP contribution in [0.3, 0.4) is 0 Å². The van der Waals surface area contributed by atoms with Crippen LogP contribution in [0.25, 0.3) is 0 Å². The van der Waals surface area contributed by atoms with Crippen molar-refractivity contribution in [3.63, 3.8) is 0 Å². The van der Waals surface area contributed by atoms with Crippen molar-refractivity contribution in [1.82, 2.24) is 5.32 Å². The molecule has 1 N–H and O–H groups in total. The molecule has 2 rings (SSSR count). The number of halogens is 1. The molecule has 0 aromatic carbocycles. The van der Waals surface area contributed by atoms with Gasteiger partial charge >= 0.3 is 0 Å². The molecule has 7 nitrogen and oxygen atoms in total. The Hall–Kier alpha value is -0.950. The van der Waals surface area contributed by atoms with Crippen LogP contribution in [0.4, 0.5) is 0 Å². The molecular weight excluding hydrogens is 310 g/mol. The Kier molecular flexibility index (Phi) is 6.99. The fourth-order valence-corrected chi connectivity index (χ4v) is 3.80. The number of nitrogens with one attached hydrogen (secondary N) is 1. The van der Waals surface area contributed by atoms with E-state index in [4.69, 9.17) is 0 Å². The SMILES string of the molecule is Cl.O=[N+]([O-])C1(CNCC2([N+](=O)[O-])CCCCC2)CCCCC1. The summed E-state index contributed by atoms with van der Waals surface area (Å²) in [6.07, 6.45) is 7.94. The van der Waals surface area contributed by atoms with Crippen molar-refractivity contribution in [2.75, 3.05) is 13.1 Å². The van der Waals surface area contributed by atoms with Gasteiger partial charge in [-0.05, 0) is 25.7 Å². The lowest BCUT2D eigenvalue weighted by Crippen LogP contribution is -2.54. The van der Waals surface area contributed by atoms with Gasteiger partial charge in [0.25, 0.3) is 0 Å². The van der Waals surface area contributed by atoms with Crippen molar-refractivity contribution in [2.24, 2.45) is 0 Å². The monoisotopic (exact) mass is 335 g/mol. The first-order chi connectivity index (χ1) is 10.0. The van der Waals surface area contributed by atoms with E-state index in [9.17, 15) is 20.2 Å². The zero-order chi connectivity index (χ0) is 15.3. The number of hydrogen-bond donors (Lipinski definition) is 1. The first-order valence-electron chi connectivity index (χ1n) is 8.01. The van der Waals surface area contributed by atoms with Crippen LogP contribution in [0.15, 0.2) is 0 Å². The van der Waals surface area contributed by atoms with Crippen LogP contribution in [0.2, 0.25) is 0 Å². The molecule has 0 heterocycles. The largest absolute Gasteiger partial charge is 0.304 e. The summed E-state index contributed by atoms with van der Waals surface area (Å²) in [7, 11) is 0. The van der Waals surface area contributed by atoms with Gasteiger partial charge in [0.15, 0.2) is 0 Å². The molecule has 0 aliphatic heterocycles. The normalized spacial score (nSPS) is 23.3. The molecule has 2 fully saturated rings. The molecule has 0 unspecified atom stereocenters. The second-order valence-corrected chi connectivity index (χ2v) is 6.69. The summed E-state index contributed by atoms with van der Waals surface area (Å²) >= 11 is 0. The van der Waals surface area contributed by atoms with Crippen LogP contribution < -0.4 is 5.32 Å². The summed E-state index contributed by atoms with van der Waals surface area (Å²) in [4.78, 5) is 22.5. The third-order valence-electron chi connectivity index (χ3n) is 5.25. The smallest absolute Gasteiger partial charge is 0.234 e. The Balaban J connectivity index is 0.00000242. The van der Waals surface area contributed by atoms with Crippen molar-refractivity contribution in [3.8, 4) is 0 Å². The van der Waals surface area contributed by atoms with Gasteiger partial charge in [0.2, 0.25) is 11.1 Å². The number of nitrogens with zero attached hydrogens (tertiary/aromatic N) is 2. The third kappa shape index (κ3) is 4.07. The topological polar surface area (TPSA) is 98.3 Å². The van der Waals surface area contributed by atoms with E-state index in [0.717, 1.165) is 38.5 Å². The van der Waals surface area contributed by atoms with Crippen molar-refractivity contribution < 1.29 is 9.85 Å². The number of nitro groups is 2. The molecule has 0 aromatic heterocycles. The number of hydrogen-bond acceptors (Lipinski definition) is 5. The van der Waals surface area contributed by atoms with E-state index in [0.29, 0.717) is 25.7 Å². The summed E-state index contributed by atoms with van der Waals surface area (Å²) in [5.74, 6) is 0. The van der Waals surface area contributed by atoms with Crippen molar-refractivity contribution >= 4 is 12.4 Å². The van der Waals surface area contributed by atoms with E-state index in [2.05, 4.69) is 5.32 Å². The standard InChI is InChI=1S/C14H25N3O4.ClH/c18-16(19)13(7-3-1-4-8-13)11-15-12-14(17(20)21)9-5-2-6-10-14;/h15H,1-12H2;1H. The minimum absolute atomic E-state index is 0. The Morgan fingerprint density at radius 2 is 1.05 bits per heavy atom. The maximum absolute atomic E-state index is 11.4. The Bertz CT molecular complexity index is 358. The summed E-state index contributed by atoms with van der Waals surface area (Å²) in [5, 5.41) is 25.9. The highest BCUT2D eigenvalue weighted by Crippen LogP contribution is 2.32. The van der Waals surface area contributed by atoms with E-state index in [-0.39, 0.29) is 35.3 Å². The molecule has 2 aliphatic carbocycles. The fraction of sp³-hybridized carbons (Fsp3) is 1.00. The molecule has 2 saturated carbocycles. The first kappa shape index (κ1) is 19.1. The summed E-state index contributed by atoms with van der Waals surface area (Å²) in [5.41, 5.74) is -1.82. The zero-order valence-electron chi connectivity index (χ0n) is 12.9. The van der Waals surface area contributed by atoms with E-state index in [1.165, 1.54) is 0 Å². The molecular formula is C14H26ClN3O4. The van der Waals surface area contributed by atoms with Gasteiger partial charge in [-0.2, -0.15) is 0 Å². The van der Waals surface area contributed by atoms with Crippen LogP contribution in [-0.4, -0.2) is 34.0 Å². The van der Waals surface area contributed by atoms with Gasteiger partial charge in [-0.15, -0.1) is 12.4 Å². The predicted octanol–water partition coefficient (Wildman–Crippen LogP) is 2.96. The quantitative estimate of drug-likeness (QED) is 0.594. The first-order valence-corrected chi connectivity index (χ1v) is 8.01. The van der Waals surface area contributed by atoms with Gasteiger partial charge in [-0.3, -0.25) is 20.2 Å². The zero-order valence-corrected chi connectivity index (χ0v) is 13.7. The van der Waals surface area contributed by atoms with E-state index < -0.39 is 11.1 Å². The molecule has 0 radical (unpaired) electrons. The molecule has 0 atom stereocenters. The lowest BCUT2D eigenvalue weighted by molar-refractivity contribution is -0.578. The fourth-order valence-electron chi connectivity index (χ4n) is 3.80. The van der Waals surface area contributed by atoms with Crippen LogP contribution >= 0.6 is 12.4 Å². The van der Waals surface area contributed by atoms with E-state index >= 15 is 0 Å². The van der Waals surface area contributed by atoms with Gasteiger partial charge in [-0.25, -0.2) is 0 Å². The lowest BCUT2D eigenvalue weighted by Gasteiger charge is -2.32. The molecule has 22 heavy (non-hydrogen) atoms. The Labute approximate surface area is 136 Å². The highest BCUT2D eigenvalue weighted by Gasteiger charge is 2.47. The summed E-state index contributed by atoms with van der Waals surface area (Å²) in [6, 6.07) is 0. The van der Waals surface area contributed by atoms with Crippen LogP contribution in [0.5, 0.6) is 0 Å². The second-order valence-electron chi connectivity index (χ2n) is 6.69. The van der Waals surface area contributed by atoms with Crippen LogP contribution in [-0.2, 0) is 0 Å². The lowest BCUT2D eigenvalue weighted by atomic mass is 9.80. The molecule has 0 aromatic rings. The Morgan fingerprint density at radius 1 is 0.727 bits per heavy atom. The van der Waals surface area contributed by atoms with Crippen LogP contribution in [0, 0.1) is 20.2 Å². The molecule has 2 aliphatic rings. The minimum atomic E-state index is -0.912. The maximum atomic E-state index is 11.4. The minimum Gasteiger partial charge on any atom is -0.304 e. The molecule has 8 heteroatoms. The molecule has 0 bridgehead atoms. The highest BCUT2D eigenvalue weighted by molar-refractivity contribution is 5.85. The molecule has 128 valence electrons. The van der Waals surface area contributed by atoms with Crippen molar-refractivity contribution in [1.29, 1.82) is 0 Å². The van der Waals surface area contributed by atoms with E-state index in [1.807, 2.05) is 0 Å². The van der Waals surface area contributed by atoms with Gasteiger partial charge in [0.05, 0.1) is 13.1 Å². The van der Waals surface area contributed by atoms with Gasteiger partial charge in [-0.1, -0.05) is 12.8 Å². The average molecular weight is 336 g/mol. The summed E-state index contributed by atoms with van der Waals surface area (Å²) < 4.78 is 0. The maximum Gasteiger partial charge on any atom is 0.234 e. The third-order valence-corrected chi connectivity index (χ3v) is 5.25. The van der Waals surface area contributed by atoms with Crippen molar-refractivity contribution in [2.45, 2.75) is 75.3 Å². The molecule has 0 saturated heterocycles.